The molecule has 0 radical (unpaired) electrons. The predicted molar refractivity (Wildman–Crippen MR) is 73.1 cm³/mol. The van der Waals surface area contributed by atoms with Gasteiger partial charge in [0.2, 0.25) is 0 Å². The number of hydrogen-bond acceptors (Lipinski definition) is 2. The molecule has 0 bridgehead atoms. The van der Waals surface area contributed by atoms with E-state index in [4.69, 9.17) is 16.7 Å². The van der Waals surface area contributed by atoms with Crippen molar-refractivity contribution in [2.75, 3.05) is 6.54 Å². The van der Waals surface area contributed by atoms with Crippen molar-refractivity contribution in [3.05, 3.63) is 34.9 Å². The first-order chi connectivity index (χ1) is 8.81. The van der Waals surface area contributed by atoms with E-state index in [1.165, 1.54) is 0 Å². The minimum absolute atomic E-state index is 0.0592. The molecule has 104 valence electrons. The second-order valence-corrected chi connectivity index (χ2v) is 5.29. The molecule has 0 aliphatic carbocycles. The van der Waals surface area contributed by atoms with Gasteiger partial charge in [-0.2, -0.15) is 0 Å². The third kappa shape index (κ3) is 5.18. The number of rotatable bonds is 5. The summed E-state index contributed by atoms with van der Waals surface area (Å²) in [4.78, 5) is 22.4. The van der Waals surface area contributed by atoms with E-state index in [9.17, 15) is 9.59 Å². The SMILES string of the molecule is CC(C)(CNC(=O)NCc1cccc(Cl)c1)C(=O)O. The minimum atomic E-state index is -0.993. The van der Waals surface area contributed by atoms with Crippen LogP contribution < -0.4 is 10.6 Å². The first kappa shape index (κ1) is 15.3. The van der Waals surface area contributed by atoms with Gasteiger partial charge in [0.05, 0.1) is 5.41 Å². The summed E-state index contributed by atoms with van der Waals surface area (Å²) < 4.78 is 0. The molecule has 0 aliphatic rings. The number of amides is 2. The number of hydrogen-bond donors (Lipinski definition) is 3. The van der Waals surface area contributed by atoms with Crippen LogP contribution in [0.4, 0.5) is 4.79 Å². The van der Waals surface area contributed by atoms with Gasteiger partial charge in [-0.15, -0.1) is 0 Å². The van der Waals surface area contributed by atoms with Gasteiger partial charge in [0.25, 0.3) is 0 Å². The van der Waals surface area contributed by atoms with Gasteiger partial charge >= 0.3 is 12.0 Å². The molecule has 0 spiro atoms. The number of halogens is 1. The lowest BCUT2D eigenvalue weighted by molar-refractivity contribution is -0.146. The maximum absolute atomic E-state index is 11.5. The fourth-order valence-electron chi connectivity index (χ4n) is 1.27. The van der Waals surface area contributed by atoms with Crippen LogP contribution in [0.3, 0.4) is 0 Å². The lowest BCUT2D eigenvalue weighted by Crippen LogP contribution is -2.43. The molecule has 0 saturated carbocycles. The lowest BCUT2D eigenvalue weighted by Gasteiger charge is -2.19. The number of urea groups is 1. The maximum atomic E-state index is 11.5. The third-order valence-electron chi connectivity index (χ3n) is 2.61. The molecule has 0 atom stereocenters. The van der Waals surface area contributed by atoms with Crippen LogP contribution in [-0.4, -0.2) is 23.7 Å². The third-order valence-corrected chi connectivity index (χ3v) is 2.85. The summed E-state index contributed by atoms with van der Waals surface area (Å²) in [5.41, 5.74) is -0.118. The summed E-state index contributed by atoms with van der Waals surface area (Å²) in [7, 11) is 0. The van der Waals surface area contributed by atoms with Gasteiger partial charge in [-0.25, -0.2) is 4.79 Å². The van der Waals surface area contributed by atoms with E-state index in [1.54, 1.807) is 32.0 Å². The molecule has 2 amide bonds. The van der Waals surface area contributed by atoms with Crippen molar-refractivity contribution in [2.45, 2.75) is 20.4 Å². The second-order valence-electron chi connectivity index (χ2n) is 4.86. The van der Waals surface area contributed by atoms with Crippen molar-refractivity contribution in [2.24, 2.45) is 5.41 Å². The average molecular weight is 285 g/mol. The molecule has 0 heterocycles. The quantitative estimate of drug-likeness (QED) is 0.776. The lowest BCUT2D eigenvalue weighted by atomic mass is 9.94. The molecule has 1 aromatic rings. The summed E-state index contributed by atoms with van der Waals surface area (Å²) in [5.74, 6) is -0.956. The minimum Gasteiger partial charge on any atom is -0.481 e. The standard InChI is InChI=1S/C13H17ClN2O3/c1-13(2,11(17)18)8-16-12(19)15-7-9-4-3-5-10(14)6-9/h3-6H,7-8H2,1-2H3,(H,17,18)(H2,15,16,19). The van der Waals surface area contributed by atoms with E-state index >= 15 is 0 Å². The zero-order valence-electron chi connectivity index (χ0n) is 10.9. The van der Waals surface area contributed by atoms with Crippen LogP contribution in [0.2, 0.25) is 5.02 Å². The Kier molecular flexibility index (Phi) is 5.18. The molecular formula is C13H17ClN2O3. The fourth-order valence-corrected chi connectivity index (χ4v) is 1.48. The Morgan fingerprint density at radius 2 is 2.00 bits per heavy atom. The Labute approximate surface area is 117 Å². The average Bonchev–Trinajstić information content (AvgIpc) is 2.34. The number of carbonyl (C=O) groups excluding carboxylic acids is 1. The zero-order chi connectivity index (χ0) is 14.5. The highest BCUT2D eigenvalue weighted by molar-refractivity contribution is 6.30. The first-order valence-corrected chi connectivity index (χ1v) is 6.18. The van der Waals surface area contributed by atoms with E-state index < -0.39 is 17.4 Å². The van der Waals surface area contributed by atoms with Crippen LogP contribution in [0.5, 0.6) is 0 Å². The van der Waals surface area contributed by atoms with Crippen LogP contribution in [-0.2, 0) is 11.3 Å². The number of carboxylic acid groups (broad SMARTS) is 1. The molecule has 1 rings (SSSR count). The Balaban J connectivity index is 2.39. The normalized spacial score (nSPS) is 10.9. The van der Waals surface area contributed by atoms with Crippen molar-refractivity contribution >= 4 is 23.6 Å². The molecule has 0 aliphatic heterocycles. The molecule has 6 heteroatoms. The number of carboxylic acids is 1. The summed E-state index contributed by atoms with van der Waals surface area (Å²) in [5, 5.41) is 14.7. The molecule has 0 fully saturated rings. The largest absolute Gasteiger partial charge is 0.481 e. The first-order valence-electron chi connectivity index (χ1n) is 5.81. The smallest absolute Gasteiger partial charge is 0.315 e. The van der Waals surface area contributed by atoms with Crippen LogP contribution in [0.25, 0.3) is 0 Å². The summed E-state index contributed by atoms with van der Waals surface area (Å²) in [6.45, 7) is 3.49. The topological polar surface area (TPSA) is 78.4 Å². The number of benzene rings is 1. The highest BCUT2D eigenvalue weighted by atomic mass is 35.5. The Morgan fingerprint density at radius 3 is 2.58 bits per heavy atom. The van der Waals surface area contributed by atoms with E-state index in [2.05, 4.69) is 10.6 Å². The Morgan fingerprint density at radius 1 is 1.32 bits per heavy atom. The number of aliphatic carboxylic acids is 1. The molecule has 1 aromatic carbocycles. The van der Waals surface area contributed by atoms with E-state index in [0.717, 1.165) is 5.56 Å². The van der Waals surface area contributed by atoms with Gasteiger partial charge in [0.15, 0.2) is 0 Å². The summed E-state index contributed by atoms with van der Waals surface area (Å²) in [6.07, 6.45) is 0. The van der Waals surface area contributed by atoms with Crippen molar-refractivity contribution in [1.82, 2.24) is 10.6 Å². The van der Waals surface area contributed by atoms with Crippen LogP contribution in [0.1, 0.15) is 19.4 Å². The van der Waals surface area contributed by atoms with Crippen molar-refractivity contribution in [1.29, 1.82) is 0 Å². The molecule has 3 N–H and O–H groups in total. The van der Waals surface area contributed by atoms with Gasteiger partial charge < -0.3 is 15.7 Å². The summed E-state index contributed by atoms with van der Waals surface area (Å²) in [6, 6.07) is 6.73. The fraction of sp³-hybridized carbons (Fsp3) is 0.385. The van der Waals surface area contributed by atoms with E-state index in [0.29, 0.717) is 11.6 Å². The van der Waals surface area contributed by atoms with Crippen molar-refractivity contribution < 1.29 is 14.7 Å². The van der Waals surface area contributed by atoms with Gasteiger partial charge in [-0.1, -0.05) is 23.7 Å². The van der Waals surface area contributed by atoms with Crippen molar-refractivity contribution in [3.8, 4) is 0 Å². The van der Waals surface area contributed by atoms with Gasteiger partial charge in [0, 0.05) is 18.1 Å². The summed E-state index contributed by atoms with van der Waals surface area (Å²) >= 11 is 5.82. The number of carbonyl (C=O) groups is 2. The van der Waals surface area contributed by atoms with Gasteiger partial charge in [-0.3, -0.25) is 4.79 Å². The molecule has 0 saturated heterocycles. The highest BCUT2D eigenvalue weighted by Gasteiger charge is 2.27. The van der Waals surface area contributed by atoms with Crippen LogP contribution >= 0.6 is 11.6 Å². The highest BCUT2D eigenvalue weighted by Crippen LogP contribution is 2.13. The van der Waals surface area contributed by atoms with Gasteiger partial charge in [-0.05, 0) is 31.5 Å². The molecule has 0 unspecified atom stereocenters. The predicted octanol–water partition coefficient (Wildman–Crippen LogP) is 2.25. The van der Waals surface area contributed by atoms with Crippen molar-refractivity contribution in [3.63, 3.8) is 0 Å². The van der Waals surface area contributed by atoms with Crippen LogP contribution in [0, 0.1) is 5.41 Å². The Hall–Kier alpha value is -1.75. The zero-order valence-corrected chi connectivity index (χ0v) is 11.6. The number of nitrogens with one attached hydrogen (secondary N) is 2. The van der Waals surface area contributed by atoms with E-state index in [1.807, 2.05) is 6.07 Å². The molecule has 0 aromatic heterocycles. The van der Waals surface area contributed by atoms with Crippen LogP contribution in [0.15, 0.2) is 24.3 Å². The Bertz CT molecular complexity index is 475. The van der Waals surface area contributed by atoms with Gasteiger partial charge in [0.1, 0.15) is 0 Å². The molecular weight excluding hydrogens is 268 g/mol. The second kappa shape index (κ2) is 6.43. The monoisotopic (exact) mass is 284 g/mol. The van der Waals surface area contributed by atoms with E-state index in [-0.39, 0.29) is 6.54 Å². The molecule has 5 nitrogen and oxygen atoms in total. The molecule has 19 heavy (non-hydrogen) atoms. The maximum Gasteiger partial charge on any atom is 0.315 e.